The lowest BCUT2D eigenvalue weighted by molar-refractivity contribution is 0.0696. The van der Waals surface area contributed by atoms with E-state index in [9.17, 15) is 13.2 Å². The summed E-state index contributed by atoms with van der Waals surface area (Å²) in [5.74, 6) is -0.889. The molecule has 8 nitrogen and oxygen atoms in total. The molecule has 2 rings (SSSR count). The second-order valence-corrected chi connectivity index (χ2v) is 5.27. The van der Waals surface area contributed by atoms with Gasteiger partial charge in [-0.2, -0.15) is 13.5 Å². The summed E-state index contributed by atoms with van der Waals surface area (Å²) in [5.41, 5.74) is -0.0838. The van der Waals surface area contributed by atoms with Gasteiger partial charge < -0.3 is 5.11 Å². The smallest absolute Gasteiger partial charge is 0.337 e. The highest BCUT2D eigenvalue weighted by Gasteiger charge is 2.18. The molecule has 0 amide bonds. The Bertz CT molecular complexity index is 705. The molecule has 0 saturated heterocycles. The summed E-state index contributed by atoms with van der Waals surface area (Å²) in [6.07, 6.45) is 2.43. The minimum absolute atomic E-state index is 0.0838. The number of sulfonamides is 1. The number of carboxylic acid groups (broad SMARTS) is 1. The van der Waals surface area contributed by atoms with Crippen LogP contribution < -0.4 is 4.72 Å². The van der Waals surface area contributed by atoms with E-state index >= 15 is 0 Å². The number of anilines is 1. The van der Waals surface area contributed by atoms with Crippen molar-refractivity contribution < 1.29 is 18.3 Å². The summed E-state index contributed by atoms with van der Waals surface area (Å²) in [4.78, 5) is 14.3. The Morgan fingerprint density at radius 1 is 1.37 bits per heavy atom. The molecule has 0 bridgehead atoms. The second-order valence-electron chi connectivity index (χ2n) is 3.64. The van der Waals surface area contributed by atoms with Gasteiger partial charge in [-0.25, -0.2) is 9.78 Å². The molecular formula is C10H10N4O4S. The zero-order valence-electron chi connectivity index (χ0n) is 9.81. The van der Waals surface area contributed by atoms with E-state index in [2.05, 4.69) is 14.8 Å². The van der Waals surface area contributed by atoms with Crippen molar-refractivity contribution in [3.63, 3.8) is 0 Å². The Morgan fingerprint density at radius 2 is 2.11 bits per heavy atom. The van der Waals surface area contributed by atoms with Gasteiger partial charge in [-0.1, -0.05) is 0 Å². The van der Waals surface area contributed by atoms with E-state index in [-0.39, 0.29) is 16.4 Å². The largest absolute Gasteiger partial charge is 0.478 e. The van der Waals surface area contributed by atoms with Gasteiger partial charge in [-0.15, -0.1) is 0 Å². The summed E-state index contributed by atoms with van der Waals surface area (Å²) in [5, 5.41) is 12.3. The van der Waals surface area contributed by atoms with E-state index in [1.165, 1.54) is 23.0 Å². The van der Waals surface area contributed by atoms with Gasteiger partial charge in [0.2, 0.25) is 0 Å². The van der Waals surface area contributed by atoms with Crippen molar-refractivity contribution in [2.45, 2.75) is 5.03 Å². The maximum atomic E-state index is 12.0. The van der Waals surface area contributed by atoms with Gasteiger partial charge in [0.25, 0.3) is 10.0 Å². The number of aryl methyl sites for hydroxylation is 1. The molecule has 0 aromatic carbocycles. The van der Waals surface area contributed by atoms with Crippen LogP contribution in [0.1, 0.15) is 10.4 Å². The Hall–Kier alpha value is -2.42. The minimum Gasteiger partial charge on any atom is -0.478 e. The Labute approximate surface area is 108 Å². The lowest BCUT2D eigenvalue weighted by Gasteiger charge is -2.07. The Morgan fingerprint density at radius 3 is 2.58 bits per heavy atom. The number of nitrogens with one attached hydrogen (secondary N) is 1. The first-order valence-electron chi connectivity index (χ1n) is 5.10. The van der Waals surface area contributed by atoms with Gasteiger partial charge in [0.05, 0.1) is 11.8 Å². The normalized spacial score (nSPS) is 11.2. The van der Waals surface area contributed by atoms with E-state index in [0.717, 1.165) is 12.3 Å². The summed E-state index contributed by atoms with van der Waals surface area (Å²) >= 11 is 0. The maximum absolute atomic E-state index is 12.0. The third-order valence-corrected chi connectivity index (χ3v) is 3.59. The summed E-state index contributed by atoms with van der Waals surface area (Å²) in [6.45, 7) is 0. The molecular weight excluding hydrogens is 272 g/mol. The minimum atomic E-state index is -3.86. The highest BCUT2D eigenvalue weighted by molar-refractivity contribution is 7.92. The number of aromatic nitrogens is 3. The zero-order valence-corrected chi connectivity index (χ0v) is 10.6. The fourth-order valence-corrected chi connectivity index (χ4v) is 2.35. The summed E-state index contributed by atoms with van der Waals surface area (Å²) in [7, 11) is -2.28. The molecule has 0 aliphatic heterocycles. The third-order valence-electron chi connectivity index (χ3n) is 2.32. The van der Waals surface area contributed by atoms with Gasteiger partial charge in [-0.3, -0.25) is 9.40 Å². The molecule has 0 aliphatic carbocycles. The predicted octanol–water partition coefficient (Wildman–Crippen LogP) is 0.314. The van der Waals surface area contributed by atoms with Crippen LogP contribution in [0.4, 0.5) is 5.82 Å². The number of hydrogen-bond acceptors (Lipinski definition) is 5. The number of carbonyl (C=O) groups is 1. The number of hydrogen-bond donors (Lipinski definition) is 2. The van der Waals surface area contributed by atoms with E-state index in [0.29, 0.717) is 0 Å². The zero-order chi connectivity index (χ0) is 14.0. The standard InChI is InChI=1S/C10H10N4O4S/c1-14-8(4-5-12-14)13-19(17,18)9-3-2-7(6-11-9)10(15)16/h2-6,13H,1H3,(H,15,16). The first-order valence-corrected chi connectivity index (χ1v) is 6.58. The molecule has 2 aromatic rings. The SMILES string of the molecule is Cn1nccc1NS(=O)(=O)c1ccc(C(=O)O)cn1. The van der Waals surface area contributed by atoms with Crippen LogP contribution in [0.3, 0.4) is 0 Å². The van der Waals surface area contributed by atoms with Crippen molar-refractivity contribution >= 4 is 21.8 Å². The van der Waals surface area contributed by atoms with Crippen LogP contribution in [0.15, 0.2) is 35.6 Å². The van der Waals surface area contributed by atoms with Gasteiger partial charge in [0.1, 0.15) is 5.82 Å². The van der Waals surface area contributed by atoms with Crippen molar-refractivity contribution in [1.29, 1.82) is 0 Å². The molecule has 0 spiro atoms. The third kappa shape index (κ3) is 2.71. The molecule has 19 heavy (non-hydrogen) atoms. The van der Waals surface area contributed by atoms with Gasteiger partial charge in [0.15, 0.2) is 5.03 Å². The van der Waals surface area contributed by atoms with Crippen LogP contribution in [-0.2, 0) is 17.1 Å². The van der Waals surface area contributed by atoms with Crippen LogP contribution >= 0.6 is 0 Å². The van der Waals surface area contributed by atoms with Gasteiger partial charge >= 0.3 is 5.97 Å². The van der Waals surface area contributed by atoms with E-state index in [1.807, 2.05) is 0 Å². The van der Waals surface area contributed by atoms with Crippen molar-refractivity contribution in [2.24, 2.45) is 7.05 Å². The number of aromatic carboxylic acids is 1. The molecule has 0 fully saturated rings. The first kappa shape index (κ1) is 13.0. The number of nitrogens with zero attached hydrogens (tertiary/aromatic N) is 3. The van der Waals surface area contributed by atoms with Crippen molar-refractivity contribution in [3.05, 3.63) is 36.2 Å². The van der Waals surface area contributed by atoms with E-state index in [1.54, 1.807) is 7.05 Å². The average Bonchev–Trinajstić information content (AvgIpc) is 2.74. The highest BCUT2D eigenvalue weighted by atomic mass is 32.2. The fourth-order valence-electron chi connectivity index (χ4n) is 1.33. The van der Waals surface area contributed by atoms with E-state index in [4.69, 9.17) is 5.11 Å². The van der Waals surface area contributed by atoms with Crippen LogP contribution in [0.5, 0.6) is 0 Å². The highest BCUT2D eigenvalue weighted by Crippen LogP contribution is 2.13. The fraction of sp³-hybridized carbons (Fsp3) is 0.100. The van der Waals surface area contributed by atoms with Crippen LogP contribution in [0.2, 0.25) is 0 Å². The monoisotopic (exact) mass is 282 g/mol. The molecule has 9 heteroatoms. The quantitative estimate of drug-likeness (QED) is 0.834. The second kappa shape index (κ2) is 4.69. The molecule has 0 radical (unpaired) electrons. The van der Waals surface area contributed by atoms with Crippen molar-refractivity contribution in [2.75, 3.05) is 4.72 Å². The molecule has 2 heterocycles. The molecule has 0 atom stereocenters. The number of pyridine rings is 1. The molecule has 0 unspecified atom stereocenters. The summed E-state index contributed by atoms with van der Waals surface area (Å²) in [6, 6.07) is 3.79. The lowest BCUT2D eigenvalue weighted by atomic mass is 10.3. The molecule has 2 N–H and O–H groups in total. The molecule has 2 aromatic heterocycles. The number of carboxylic acids is 1. The van der Waals surface area contributed by atoms with Gasteiger partial charge in [0, 0.05) is 19.3 Å². The first-order chi connectivity index (χ1) is 8.90. The maximum Gasteiger partial charge on any atom is 0.337 e. The Balaban J connectivity index is 2.29. The van der Waals surface area contributed by atoms with Crippen LogP contribution in [-0.4, -0.2) is 34.3 Å². The van der Waals surface area contributed by atoms with Gasteiger partial charge in [-0.05, 0) is 12.1 Å². The molecule has 0 saturated carbocycles. The van der Waals surface area contributed by atoms with Crippen LogP contribution in [0.25, 0.3) is 0 Å². The Kier molecular flexibility index (Phi) is 3.21. The number of rotatable bonds is 4. The van der Waals surface area contributed by atoms with Crippen LogP contribution in [0, 0.1) is 0 Å². The topological polar surface area (TPSA) is 114 Å². The average molecular weight is 282 g/mol. The summed E-state index contributed by atoms with van der Waals surface area (Å²) < 4.78 is 27.6. The predicted molar refractivity (Wildman–Crippen MR) is 65.2 cm³/mol. The lowest BCUT2D eigenvalue weighted by Crippen LogP contribution is -2.17. The van der Waals surface area contributed by atoms with E-state index < -0.39 is 16.0 Å². The molecule has 100 valence electrons. The van der Waals surface area contributed by atoms with Crippen molar-refractivity contribution in [1.82, 2.24) is 14.8 Å². The van der Waals surface area contributed by atoms with Crippen molar-refractivity contribution in [3.8, 4) is 0 Å². The molecule has 0 aliphatic rings.